The quantitative estimate of drug-likeness (QED) is 0.323. The van der Waals surface area contributed by atoms with Gasteiger partial charge in [-0.2, -0.15) is 0 Å². The summed E-state index contributed by atoms with van der Waals surface area (Å²) in [7, 11) is 0. The Morgan fingerprint density at radius 3 is 2.57 bits per heavy atom. The van der Waals surface area contributed by atoms with Gasteiger partial charge >= 0.3 is 0 Å². The molecule has 7 heteroatoms. The van der Waals surface area contributed by atoms with Gasteiger partial charge in [0.1, 0.15) is 5.76 Å². The van der Waals surface area contributed by atoms with Crippen molar-refractivity contribution >= 4 is 35.6 Å². The maximum atomic E-state index is 5.44. The van der Waals surface area contributed by atoms with Crippen LogP contribution < -0.4 is 15.5 Å². The Hall–Kier alpha value is -1.77. The summed E-state index contributed by atoms with van der Waals surface area (Å²) in [6.45, 7) is 3.93. The summed E-state index contributed by atoms with van der Waals surface area (Å²) in [5.41, 5.74) is 1.28. The monoisotopic (exact) mass is 523 g/mol. The van der Waals surface area contributed by atoms with E-state index in [1.807, 2.05) is 24.5 Å². The van der Waals surface area contributed by atoms with Crippen LogP contribution in [0.1, 0.15) is 44.3 Å². The fraction of sp³-hybridized carbons (Fsp3) is 0.565. The molecule has 2 fully saturated rings. The minimum Gasteiger partial charge on any atom is -0.469 e. The van der Waals surface area contributed by atoms with Crippen molar-refractivity contribution in [3.63, 3.8) is 0 Å². The van der Waals surface area contributed by atoms with Gasteiger partial charge in [0, 0.05) is 56.7 Å². The second-order valence-corrected chi connectivity index (χ2v) is 8.21. The van der Waals surface area contributed by atoms with Crippen LogP contribution in [-0.4, -0.2) is 43.2 Å². The Morgan fingerprint density at radius 1 is 1.10 bits per heavy atom. The molecular formula is C23H34IN5O. The molecule has 2 aromatic heterocycles. The first-order chi connectivity index (χ1) is 14.4. The summed E-state index contributed by atoms with van der Waals surface area (Å²) in [6, 6.07) is 8.74. The maximum Gasteiger partial charge on any atom is 0.191 e. The van der Waals surface area contributed by atoms with Crippen LogP contribution in [0.25, 0.3) is 0 Å². The van der Waals surface area contributed by atoms with Crippen molar-refractivity contribution in [2.75, 3.05) is 31.1 Å². The van der Waals surface area contributed by atoms with E-state index in [1.165, 1.54) is 44.2 Å². The number of aromatic nitrogens is 1. The van der Waals surface area contributed by atoms with Gasteiger partial charge < -0.3 is 20.0 Å². The van der Waals surface area contributed by atoms with Gasteiger partial charge in [0.2, 0.25) is 0 Å². The van der Waals surface area contributed by atoms with Crippen molar-refractivity contribution in [3.05, 3.63) is 48.7 Å². The lowest BCUT2D eigenvalue weighted by Gasteiger charge is -2.33. The first-order valence-corrected chi connectivity index (χ1v) is 11.1. The van der Waals surface area contributed by atoms with Crippen molar-refractivity contribution in [3.8, 4) is 0 Å². The molecule has 0 atom stereocenters. The highest BCUT2D eigenvalue weighted by Gasteiger charge is 2.20. The van der Waals surface area contributed by atoms with Gasteiger partial charge in [0.05, 0.1) is 6.26 Å². The van der Waals surface area contributed by atoms with E-state index >= 15 is 0 Å². The third kappa shape index (κ3) is 6.89. The van der Waals surface area contributed by atoms with E-state index in [2.05, 4.69) is 32.7 Å². The molecular weight excluding hydrogens is 489 g/mol. The van der Waals surface area contributed by atoms with Gasteiger partial charge in [-0.05, 0) is 55.9 Å². The van der Waals surface area contributed by atoms with Crippen LogP contribution in [0.2, 0.25) is 0 Å². The second kappa shape index (κ2) is 12.2. The van der Waals surface area contributed by atoms with E-state index in [4.69, 9.17) is 9.41 Å². The number of rotatable bonds is 7. The van der Waals surface area contributed by atoms with Crippen LogP contribution in [-0.2, 0) is 6.42 Å². The van der Waals surface area contributed by atoms with Gasteiger partial charge in [-0.15, -0.1) is 24.0 Å². The smallest absolute Gasteiger partial charge is 0.191 e. The number of guanidine groups is 1. The molecule has 0 radical (unpaired) electrons. The number of nitrogens with one attached hydrogen (secondary N) is 2. The fourth-order valence-corrected chi connectivity index (χ4v) is 4.32. The summed E-state index contributed by atoms with van der Waals surface area (Å²) in [5.74, 6) is 2.64. The van der Waals surface area contributed by atoms with E-state index < -0.39 is 0 Å². The number of hydrogen-bond donors (Lipinski definition) is 2. The first kappa shape index (κ1) is 22.9. The molecule has 2 aliphatic rings. The van der Waals surface area contributed by atoms with E-state index in [0.717, 1.165) is 44.3 Å². The number of aliphatic imine (C=N–C) groups is 1. The number of nitrogens with zero attached hydrogens (tertiary/aromatic N) is 3. The minimum absolute atomic E-state index is 0. The lowest BCUT2D eigenvalue weighted by Crippen LogP contribution is -2.43. The molecule has 0 unspecified atom stereocenters. The number of anilines is 1. The van der Waals surface area contributed by atoms with Crippen LogP contribution >= 0.6 is 24.0 Å². The van der Waals surface area contributed by atoms with Crippen molar-refractivity contribution < 1.29 is 4.42 Å². The third-order valence-electron chi connectivity index (χ3n) is 6.09. The molecule has 6 nitrogen and oxygen atoms in total. The Labute approximate surface area is 196 Å². The molecule has 1 aliphatic heterocycles. The molecule has 0 aromatic carbocycles. The van der Waals surface area contributed by atoms with Crippen LogP contribution in [0.5, 0.6) is 0 Å². The molecule has 2 aromatic rings. The second-order valence-electron chi connectivity index (χ2n) is 8.21. The largest absolute Gasteiger partial charge is 0.469 e. The lowest BCUT2D eigenvalue weighted by molar-refractivity contribution is 0.414. The number of pyridine rings is 1. The fourth-order valence-electron chi connectivity index (χ4n) is 4.32. The van der Waals surface area contributed by atoms with Crippen LogP contribution in [0.4, 0.5) is 5.69 Å². The summed E-state index contributed by atoms with van der Waals surface area (Å²) < 4.78 is 5.44. The van der Waals surface area contributed by atoms with Crippen LogP contribution in [0.3, 0.4) is 0 Å². The van der Waals surface area contributed by atoms with Gasteiger partial charge in [-0.1, -0.05) is 12.8 Å². The normalized spacial score (nSPS) is 18.3. The molecule has 0 amide bonds. The van der Waals surface area contributed by atoms with E-state index in [0.29, 0.717) is 12.0 Å². The van der Waals surface area contributed by atoms with E-state index in [9.17, 15) is 0 Å². The molecule has 0 bridgehead atoms. The third-order valence-corrected chi connectivity index (χ3v) is 6.09. The minimum atomic E-state index is 0. The predicted octanol–water partition coefficient (Wildman–Crippen LogP) is 4.23. The van der Waals surface area contributed by atoms with Crippen LogP contribution in [0, 0.1) is 5.92 Å². The highest BCUT2D eigenvalue weighted by Crippen LogP contribution is 2.23. The molecule has 0 spiro atoms. The average Bonchev–Trinajstić information content (AvgIpc) is 3.47. The number of piperidine rings is 1. The van der Waals surface area contributed by atoms with Crippen LogP contribution in [0.15, 0.2) is 52.3 Å². The molecule has 30 heavy (non-hydrogen) atoms. The van der Waals surface area contributed by atoms with Gasteiger partial charge in [-0.3, -0.25) is 9.98 Å². The summed E-state index contributed by atoms with van der Waals surface area (Å²) in [5, 5.41) is 7.18. The molecule has 4 rings (SSSR count). The lowest BCUT2D eigenvalue weighted by atomic mass is 9.96. The maximum absolute atomic E-state index is 5.44. The number of furan rings is 1. The summed E-state index contributed by atoms with van der Waals surface area (Å²) >= 11 is 0. The summed E-state index contributed by atoms with van der Waals surface area (Å²) in [6.07, 6.45) is 13.9. The number of hydrogen-bond acceptors (Lipinski definition) is 4. The number of halogens is 1. The first-order valence-electron chi connectivity index (χ1n) is 11.1. The van der Waals surface area contributed by atoms with Gasteiger partial charge in [0.25, 0.3) is 0 Å². The molecule has 3 heterocycles. The van der Waals surface area contributed by atoms with Crippen molar-refractivity contribution in [2.24, 2.45) is 10.9 Å². The average molecular weight is 523 g/mol. The molecule has 1 saturated carbocycles. The molecule has 1 saturated heterocycles. The predicted molar refractivity (Wildman–Crippen MR) is 133 cm³/mol. The van der Waals surface area contributed by atoms with Crippen molar-refractivity contribution in [2.45, 2.75) is 51.0 Å². The van der Waals surface area contributed by atoms with E-state index in [1.54, 1.807) is 6.26 Å². The summed E-state index contributed by atoms with van der Waals surface area (Å²) in [4.78, 5) is 11.5. The zero-order chi connectivity index (χ0) is 19.7. The highest BCUT2D eigenvalue weighted by molar-refractivity contribution is 14.0. The Morgan fingerprint density at radius 2 is 1.87 bits per heavy atom. The standard InChI is InChI=1S/C23H33N5O.HI/c1-2-5-20(4-1)27-23(25-14-9-22-6-3-17-29-22)26-18-19-10-15-28(16-11-19)21-7-12-24-13-8-21;/h3,6-8,12-13,17,19-20H,1-2,4-5,9-11,14-16,18H2,(H2,25,26,27);1H. The molecule has 164 valence electrons. The van der Waals surface area contributed by atoms with Gasteiger partial charge in [0.15, 0.2) is 5.96 Å². The van der Waals surface area contributed by atoms with Crippen molar-refractivity contribution in [1.82, 2.24) is 15.6 Å². The van der Waals surface area contributed by atoms with Gasteiger partial charge in [-0.25, -0.2) is 0 Å². The molecule has 2 N–H and O–H groups in total. The van der Waals surface area contributed by atoms with E-state index in [-0.39, 0.29) is 24.0 Å². The van der Waals surface area contributed by atoms with Crippen molar-refractivity contribution in [1.29, 1.82) is 0 Å². The zero-order valence-electron chi connectivity index (χ0n) is 17.6. The Kier molecular flexibility index (Phi) is 9.29. The Balaban J connectivity index is 0.00000256. The Bertz CT molecular complexity index is 738. The highest BCUT2D eigenvalue weighted by atomic mass is 127. The topological polar surface area (TPSA) is 65.7 Å². The molecule has 1 aliphatic carbocycles. The zero-order valence-corrected chi connectivity index (χ0v) is 20.0. The SMILES string of the molecule is I.c1coc(CCNC(=NCC2CCN(c3ccncc3)CC2)NC2CCCC2)c1.